The zero-order valence-electron chi connectivity index (χ0n) is 11.2. The van der Waals surface area contributed by atoms with Gasteiger partial charge in [0, 0.05) is 28.3 Å². The molecule has 100 valence electrons. The summed E-state index contributed by atoms with van der Waals surface area (Å²) in [7, 11) is 0. The van der Waals surface area contributed by atoms with Crippen molar-refractivity contribution in [3.05, 3.63) is 35.5 Å². The molecule has 0 spiro atoms. The summed E-state index contributed by atoms with van der Waals surface area (Å²) in [5, 5.41) is 5.55. The molecule has 1 atom stereocenters. The molecule has 0 amide bonds. The fraction of sp³-hybridized carbons (Fsp3) is 0.438. The van der Waals surface area contributed by atoms with Crippen molar-refractivity contribution >= 4 is 28.2 Å². The monoisotopic (exact) mass is 274 g/mol. The number of benzene rings is 1. The van der Waals surface area contributed by atoms with Crippen LogP contribution in [0.15, 0.2) is 30.5 Å². The highest BCUT2D eigenvalue weighted by molar-refractivity contribution is 6.31. The van der Waals surface area contributed by atoms with E-state index in [-0.39, 0.29) is 0 Å². The number of rotatable bonds is 3. The van der Waals surface area contributed by atoms with Crippen molar-refractivity contribution in [1.82, 2.24) is 4.98 Å². The summed E-state index contributed by atoms with van der Waals surface area (Å²) >= 11 is 6.02. The second-order valence-corrected chi connectivity index (χ2v) is 5.93. The van der Waals surface area contributed by atoms with Gasteiger partial charge >= 0.3 is 0 Å². The molecule has 1 saturated carbocycles. The van der Waals surface area contributed by atoms with Crippen LogP contribution in [0.1, 0.15) is 32.6 Å². The molecule has 1 N–H and O–H groups in total. The summed E-state index contributed by atoms with van der Waals surface area (Å²) in [6.07, 6.45) is 7.31. The first kappa shape index (κ1) is 12.7. The van der Waals surface area contributed by atoms with E-state index < -0.39 is 0 Å². The molecule has 0 radical (unpaired) electrons. The van der Waals surface area contributed by atoms with Crippen LogP contribution in [0.5, 0.6) is 0 Å². The quantitative estimate of drug-likeness (QED) is 0.863. The molecule has 1 heterocycles. The van der Waals surface area contributed by atoms with Crippen molar-refractivity contribution in [2.45, 2.75) is 38.6 Å². The van der Waals surface area contributed by atoms with Crippen LogP contribution >= 0.6 is 11.6 Å². The fourth-order valence-corrected chi connectivity index (χ4v) is 3.23. The van der Waals surface area contributed by atoms with E-state index in [0.29, 0.717) is 6.04 Å². The number of aromatic nitrogens is 1. The molecule has 19 heavy (non-hydrogen) atoms. The van der Waals surface area contributed by atoms with Gasteiger partial charge in [0.1, 0.15) is 0 Å². The lowest BCUT2D eigenvalue weighted by Gasteiger charge is -2.22. The molecule has 2 nitrogen and oxygen atoms in total. The van der Waals surface area contributed by atoms with Crippen molar-refractivity contribution in [2.75, 3.05) is 5.32 Å². The lowest BCUT2D eigenvalue weighted by Crippen LogP contribution is -2.23. The van der Waals surface area contributed by atoms with Gasteiger partial charge in [-0.2, -0.15) is 0 Å². The van der Waals surface area contributed by atoms with Crippen LogP contribution < -0.4 is 5.32 Å². The SMILES string of the molecule is CC(Nc1ccnc2cc(Cl)ccc12)C1CCCC1. The first-order valence-electron chi connectivity index (χ1n) is 7.05. The summed E-state index contributed by atoms with van der Waals surface area (Å²) in [6.45, 7) is 2.29. The standard InChI is InChI=1S/C16H19ClN2/c1-11(12-4-2-3-5-12)19-15-8-9-18-16-10-13(17)6-7-14(15)16/h6-12H,2-5H2,1H3,(H,18,19). The number of halogens is 1. The van der Waals surface area contributed by atoms with Crippen molar-refractivity contribution in [1.29, 1.82) is 0 Å². The number of anilines is 1. The van der Waals surface area contributed by atoms with Crippen LogP contribution in [0, 0.1) is 5.92 Å². The van der Waals surface area contributed by atoms with Crippen molar-refractivity contribution in [2.24, 2.45) is 5.92 Å². The van der Waals surface area contributed by atoms with Crippen LogP contribution in [0.4, 0.5) is 5.69 Å². The third kappa shape index (κ3) is 2.69. The van der Waals surface area contributed by atoms with Crippen LogP contribution in [0.25, 0.3) is 10.9 Å². The largest absolute Gasteiger partial charge is 0.382 e. The Labute approximate surface area is 119 Å². The summed E-state index contributed by atoms with van der Waals surface area (Å²) in [5.41, 5.74) is 2.12. The van der Waals surface area contributed by atoms with E-state index >= 15 is 0 Å². The van der Waals surface area contributed by atoms with Gasteiger partial charge in [0.2, 0.25) is 0 Å². The number of hydrogen-bond acceptors (Lipinski definition) is 2. The smallest absolute Gasteiger partial charge is 0.0737 e. The van der Waals surface area contributed by atoms with Crippen molar-refractivity contribution in [3.8, 4) is 0 Å². The number of fused-ring (bicyclic) bond motifs is 1. The van der Waals surface area contributed by atoms with Gasteiger partial charge in [0.05, 0.1) is 5.52 Å². The van der Waals surface area contributed by atoms with E-state index in [1.165, 1.54) is 31.4 Å². The molecule has 1 unspecified atom stereocenters. The Bertz CT molecular complexity index is 576. The van der Waals surface area contributed by atoms with Gasteiger partial charge in [-0.15, -0.1) is 0 Å². The van der Waals surface area contributed by atoms with Gasteiger partial charge in [0.25, 0.3) is 0 Å². The molecular weight excluding hydrogens is 256 g/mol. The minimum Gasteiger partial charge on any atom is -0.382 e. The Kier molecular flexibility index (Phi) is 3.61. The summed E-state index contributed by atoms with van der Waals surface area (Å²) in [4.78, 5) is 4.38. The number of hydrogen-bond donors (Lipinski definition) is 1. The molecule has 1 aliphatic carbocycles. The maximum atomic E-state index is 6.02. The topological polar surface area (TPSA) is 24.9 Å². The molecule has 0 saturated heterocycles. The predicted octanol–water partition coefficient (Wildman–Crippen LogP) is 4.88. The van der Waals surface area contributed by atoms with Gasteiger partial charge in [-0.3, -0.25) is 4.98 Å². The second-order valence-electron chi connectivity index (χ2n) is 5.50. The van der Waals surface area contributed by atoms with Gasteiger partial charge in [-0.05, 0) is 49.9 Å². The second kappa shape index (κ2) is 5.38. The average Bonchev–Trinajstić information content (AvgIpc) is 2.92. The number of nitrogens with zero attached hydrogens (tertiary/aromatic N) is 1. The zero-order valence-corrected chi connectivity index (χ0v) is 12.0. The highest BCUT2D eigenvalue weighted by Gasteiger charge is 2.21. The van der Waals surface area contributed by atoms with Gasteiger partial charge < -0.3 is 5.32 Å². The van der Waals surface area contributed by atoms with E-state index in [1.54, 1.807) is 0 Å². The molecule has 3 rings (SSSR count). The number of nitrogens with one attached hydrogen (secondary N) is 1. The Hall–Kier alpha value is -1.28. The highest BCUT2D eigenvalue weighted by atomic mass is 35.5. The summed E-state index contributed by atoms with van der Waals surface area (Å²) < 4.78 is 0. The van der Waals surface area contributed by atoms with Gasteiger partial charge in [-0.25, -0.2) is 0 Å². The minimum atomic E-state index is 0.517. The number of pyridine rings is 1. The molecule has 1 aromatic carbocycles. The minimum absolute atomic E-state index is 0.517. The molecule has 1 fully saturated rings. The fourth-order valence-electron chi connectivity index (χ4n) is 3.07. The Balaban J connectivity index is 1.87. The first-order valence-corrected chi connectivity index (χ1v) is 7.42. The van der Waals surface area contributed by atoms with E-state index in [1.807, 2.05) is 24.4 Å². The maximum Gasteiger partial charge on any atom is 0.0737 e. The highest BCUT2D eigenvalue weighted by Crippen LogP contribution is 2.31. The van der Waals surface area contributed by atoms with Crippen LogP contribution in [-0.2, 0) is 0 Å². The molecule has 0 aliphatic heterocycles. The average molecular weight is 275 g/mol. The Morgan fingerprint density at radius 1 is 1.26 bits per heavy atom. The van der Waals surface area contributed by atoms with Crippen LogP contribution in [0.2, 0.25) is 5.02 Å². The maximum absolute atomic E-state index is 6.02. The predicted molar refractivity (Wildman–Crippen MR) is 81.8 cm³/mol. The normalized spacial score (nSPS) is 17.8. The van der Waals surface area contributed by atoms with Crippen molar-refractivity contribution in [3.63, 3.8) is 0 Å². The van der Waals surface area contributed by atoms with E-state index in [0.717, 1.165) is 21.8 Å². The molecule has 0 bridgehead atoms. The molecule has 1 aromatic heterocycles. The lowest BCUT2D eigenvalue weighted by atomic mass is 9.99. The summed E-state index contributed by atoms with van der Waals surface area (Å²) in [5.74, 6) is 0.801. The molecule has 1 aliphatic rings. The van der Waals surface area contributed by atoms with E-state index in [9.17, 15) is 0 Å². The van der Waals surface area contributed by atoms with Crippen molar-refractivity contribution < 1.29 is 0 Å². The molecule has 2 aromatic rings. The van der Waals surface area contributed by atoms with Crippen LogP contribution in [-0.4, -0.2) is 11.0 Å². The van der Waals surface area contributed by atoms with Crippen LogP contribution in [0.3, 0.4) is 0 Å². The zero-order chi connectivity index (χ0) is 13.2. The first-order chi connectivity index (χ1) is 9.24. The Morgan fingerprint density at radius 2 is 2.05 bits per heavy atom. The molecule has 3 heteroatoms. The van der Waals surface area contributed by atoms with Gasteiger partial charge in [-0.1, -0.05) is 24.4 Å². The van der Waals surface area contributed by atoms with E-state index in [2.05, 4.69) is 23.3 Å². The molecular formula is C16H19ClN2. The lowest BCUT2D eigenvalue weighted by molar-refractivity contribution is 0.482. The third-order valence-electron chi connectivity index (χ3n) is 4.19. The van der Waals surface area contributed by atoms with Gasteiger partial charge in [0.15, 0.2) is 0 Å². The Morgan fingerprint density at radius 3 is 2.84 bits per heavy atom. The third-order valence-corrected chi connectivity index (χ3v) is 4.43. The van der Waals surface area contributed by atoms with E-state index in [4.69, 9.17) is 11.6 Å². The summed E-state index contributed by atoms with van der Waals surface area (Å²) in [6, 6.07) is 8.47.